The molecule has 2 aliphatic rings. The Hall–Kier alpha value is -3.28. The van der Waals surface area contributed by atoms with Gasteiger partial charge in [-0.15, -0.1) is 0 Å². The van der Waals surface area contributed by atoms with E-state index in [0.29, 0.717) is 24.4 Å². The van der Waals surface area contributed by atoms with Crippen molar-refractivity contribution in [2.75, 3.05) is 39.8 Å². The first kappa shape index (κ1) is 26.8. The summed E-state index contributed by atoms with van der Waals surface area (Å²) < 4.78 is 46.7. The SMILES string of the molecule is CCOC(=O)C1=C(CN2CCN(S(=O)(=O)c3ccccc3)C(C)C2)N(C)C(=O)NC1c1ccc(F)cc1. The summed E-state index contributed by atoms with van der Waals surface area (Å²) in [4.78, 5) is 29.6. The Morgan fingerprint density at radius 2 is 1.78 bits per heavy atom. The van der Waals surface area contributed by atoms with Crippen molar-refractivity contribution in [2.24, 2.45) is 0 Å². The summed E-state index contributed by atoms with van der Waals surface area (Å²) in [5.74, 6) is -1.00. The molecule has 2 atom stereocenters. The van der Waals surface area contributed by atoms with Crippen LogP contribution in [0.15, 0.2) is 70.8 Å². The summed E-state index contributed by atoms with van der Waals surface area (Å²) >= 11 is 0. The highest BCUT2D eigenvalue weighted by molar-refractivity contribution is 7.89. The molecule has 198 valence electrons. The highest BCUT2D eigenvalue weighted by Gasteiger charge is 2.39. The number of hydrogen-bond donors (Lipinski definition) is 1. The van der Waals surface area contributed by atoms with E-state index >= 15 is 0 Å². The molecule has 2 aliphatic heterocycles. The van der Waals surface area contributed by atoms with Crippen LogP contribution >= 0.6 is 0 Å². The first-order valence-corrected chi connectivity index (χ1v) is 13.6. The Bertz CT molecular complexity index is 1280. The summed E-state index contributed by atoms with van der Waals surface area (Å²) in [6, 6.07) is 12.4. The number of esters is 1. The van der Waals surface area contributed by atoms with Gasteiger partial charge in [0.2, 0.25) is 10.0 Å². The standard InChI is InChI=1S/C26H31FN4O5S/c1-4-36-25(32)23-22(29(3)26(33)28-24(23)19-10-12-20(27)13-11-19)17-30-14-15-31(18(2)16-30)37(34,35)21-8-6-5-7-9-21/h5-13,18,24H,4,14-17H2,1-3H3,(H,28,33). The summed E-state index contributed by atoms with van der Waals surface area (Å²) in [5, 5.41) is 2.81. The first-order chi connectivity index (χ1) is 17.6. The first-order valence-electron chi connectivity index (χ1n) is 12.1. The molecule has 1 N–H and O–H groups in total. The number of rotatable bonds is 7. The molecule has 1 fully saturated rings. The molecule has 0 aromatic heterocycles. The molecule has 9 nitrogen and oxygen atoms in total. The van der Waals surface area contributed by atoms with Crippen LogP contribution in [0.3, 0.4) is 0 Å². The van der Waals surface area contributed by atoms with Crippen LogP contribution < -0.4 is 5.32 Å². The molecule has 0 aliphatic carbocycles. The maximum absolute atomic E-state index is 13.6. The maximum atomic E-state index is 13.6. The van der Waals surface area contributed by atoms with Crippen molar-refractivity contribution in [3.8, 4) is 0 Å². The summed E-state index contributed by atoms with van der Waals surface area (Å²) in [6.07, 6.45) is 0. The lowest BCUT2D eigenvalue weighted by atomic mass is 9.94. The molecule has 4 rings (SSSR count). The van der Waals surface area contributed by atoms with Crippen LogP contribution in [0.25, 0.3) is 0 Å². The Morgan fingerprint density at radius 1 is 1.11 bits per heavy atom. The second-order valence-electron chi connectivity index (χ2n) is 9.09. The Morgan fingerprint density at radius 3 is 2.41 bits per heavy atom. The number of benzene rings is 2. The smallest absolute Gasteiger partial charge is 0.338 e. The number of carbonyl (C=O) groups excluding carboxylic acids is 2. The van der Waals surface area contributed by atoms with Crippen LogP contribution in [0.5, 0.6) is 0 Å². The predicted octanol–water partition coefficient (Wildman–Crippen LogP) is 2.73. The van der Waals surface area contributed by atoms with Crippen LogP contribution in [0.4, 0.5) is 9.18 Å². The lowest BCUT2D eigenvalue weighted by molar-refractivity contribution is -0.139. The van der Waals surface area contributed by atoms with E-state index in [1.54, 1.807) is 44.3 Å². The molecule has 0 saturated carbocycles. The predicted molar refractivity (Wildman–Crippen MR) is 135 cm³/mol. The molecule has 2 aromatic carbocycles. The van der Waals surface area contributed by atoms with Gasteiger partial charge in [0.15, 0.2) is 0 Å². The number of nitrogens with one attached hydrogen (secondary N) is 1. The quantitative estimate of drug-likeness (QED) is 0.553. The van der Waals surface area contributed by atoms with Crippen molar-refractivity contribution in [3.63, 3.8) is 0 Å². The molecule has 1 saturated heterocycles. The van der Waals surface area contributed by atoms with Gasteiger partial charge in [0.05, 0.1) is 23.1 Å². The number of urea groups is 1. The van der Waals surface area contributed by atoms with Crippen LogP contribution in [-0.2, 0) is 19.6 Å². The lowest BCUT2D eigenvalue weighted by Crippen LogP contribution is -2.56. The van der Waals surface area contributed by atoms with Crippen molar-refractivity contribution < 1.29 is 27.1 Å². The largest absolute Gasteiger partial charge is 0.463 e. The molecule has 2 unspecified atom stereocenters. The zero-order valence-electron chi connectivity index (χ0n) is 21.1. The molecule has 2 amide bonds. The molecule has 37 heavy (non-hydrogen) atoms. The van der Waals surface area contributed by atoms with E-state index in [4.69, 9.17) is 4.74 Å². The number of likely N-dealkylation sites (N-methyl/N-ethyl adjacent to an activating group) is 1. The fourth-order valence-corrected chi connectivity index (χ4v) is 6.39. The maximum Gasteiger partial charge on any atom is 0.338 e. The minimum Gasteiger partial charge on any atom is -0.463 e. The zero-order chi connectivity index (χ0) is 26.7. The fourth-order valence-electron chi connectivity index (χ4n) is 4.76. The molecule has 11 heteroatoms. The number of nitrogens with zero attached hydrogens (tertiary/aromatic N) is 3. The molecule has 2 aromatic rings. The number of ether oxygens (including phenoxy) is 1. The van der Waals surface area contributed by atoms with Gasteiger partial charge in [0, 0.05) is 45.0 Å². The summed E-state index contributed by atoms with van der Waals surface area (Å²) in [6.45, 7) is 5.00. The van der Waals surface area contributed by atoms with Gasteiger partial charge >= 0.3 is 12.0 Å². The van der Waals surface area contributed by atoms with Crippen LogP contribution in [0.1, 0.15) is 25.5 Å². The van der Waals surface area contributed by atoms with Gasteiger partial charge in [-0.25, -0.2) is 22.4 Å². The van der Waals surface area contributed by atoms with Gasteiger partial charge in [-0.1, -0.05) is 30.3 Å². The highest BCUT2D eigenvalue weighted by atomic mass is 32.2. The number of hydrogen-bond acceptors (Lipinski definition) is 6. The second kappa shape index (κ2) is 11.0. The van der Waals surface area contributed by atoms with E-state index in [1.165, 1.54) is 33.5 Å². The lowest BCUT2D eigenvalue weighted by Gasteiger charge is -2.41. The third kappa shape index (κ3) is 5.53. The van der Waals surface area contributed by atoms with E-state index in [9.17, 15) is 22.4 Å². The molecule has 0 spiro atoms. The third-order valence-electron chi connectivity index (χ3n) is 6.65. The van der Waals surface area contributed by atoms with Crippen molar-refractivity contribution in [2.45, 2.75) is 30.8 Å². The second-order valence-corrected chi connectivity index (χ2v) is 11.0. The zero-order valence-corrected chi connectivity index (χ0v) is 21.9. The van der Waals surface area contributed by atoms with Gasteiger partial charge in [0.1, 0.15) is 5.82 Å². The normalized spacial score (nSPS) is 21.6. The van der Waals surface area contributed by atoms with E-state index in [1.807, 2.05) is 11.8 Å². The molecule has 0 bridgehead atoms. The van der Waals surface area contributed by atoms with E-state index in [2.05, 4.69) is 5.32 Å². The van der Waals surface area contributed by atoms with Crippen LogP contribution in [-0.4, -0.2) is 80.4 Å². The number of carbonyl (C=O) groups is 2. The number of piperazine rings is 1. The molecule has 2 heterocycles. The Kier molecular flexibility index (Phi) is 7.96. The van der Waals surface area contributed by atoms with Crippen molar-refractivity contribution in [1.82, 2.24) is 19.4 Å². The van der Waals surface area contributed by atoms with Gasteiger partial charge in [0.25, 0.3) is 0 Å². The Labute approximate surface area is 216 Å². The van der Waals surface area contributed by atoms with Gasteiger partial charge < -0.3 is 10.1 Å². The highest BCUT2D eigenvalue weighted by Crippen LogP contribution is 2.32. The van der Waals surface area contributed by atoms with E-state index < -0.39 is 33.9 Å². The van der Waals surface area contributed by atoms with Crippen molar-refractivity contribution in [1.29, 1.82) is 0 Å². The topological polar surface area (TPSA) is 99.3 Å². The summed E-state index contributed by atoms with van der Waals surface area (Å²) in [7, 11) is -2.08. The van der Waals surface area contributed by atoms with Crippen LogP contribution in [0, 0.1) is 5.82 Å². The number of halogens is 1. The van der Waals surface area contributed by atoms with Crippen LogP contribution in [0.2, 0.25) is 0 Å². The number of sulfonamides is 1. The average molecular weight is 531 g/mol. The summed E-state index contributed by atoms with van der Waals surface area (Å²) in [5.41, 5.74) is 1.28. The minimum atomic E-state index is -3.65. The third-order valence-corrected chi connectivity index (χ3v) is 8.68. The molecule has 0 radical (unpaired) electrons. The fraction of sp³-hybridized carbons (Fsp3) is 0.385. The van der Waals surface area contributed by atoms with Gasteiger partial charge in [-0.3, -0.25) is 9.80 Å². The van der Waals surface area contributed by atoms with Gasteiger partial charge in [-0.05, 0) is 43.7 Å². The van der Waals surface area contributed by atoms with Crippen molar-refractivity contribution >= 4 is 22.0 Å². The van der Waals surface area contributed by atoms with E-state index in [0.717, 1.165) is 0 Å². The van der Waals surface area contributed by atoms with Gasteiger partial charge in [-0.2, -0.15) is 4.31 Å². The minimum absolute atomic E-state index is 0.149. The Balaban J connectivity index is 1.62. The molecular formula is C26H31FN4O5S. The van der Waals surface area contributed by atoms with Crippen molar-refractivity contribution in [3.05, 3.63) is 77.2 Å². The van der Waals surface area contributed by atoms with E-state index in [-0.39, 0.29) is 36.2 Å². The molecular weight excluding hydrogens is 499 g/mol. The number of amides is 2. The average Bonchev–Trinajstić information content (AvgIpc) is 2.87. The monoisotopic (exact) mass is 530 g/mol.